The Balaban J connectivity index is 2.27. The number of aryl methyl sites for hydroxylation is 1. The summed E-state index contributed by atoms with van der Waals surface area (Å²) in [5.41, 5.74) is 1.55. The molecule has 0 bridgehead atoms. The van der Waals surface area contributed by atoms with E-state index >= 15 is 0 Å². The Morgan fingerprint density at radius 1 is 1.59 bits per heavy atom. The molecular formula is C12H15N3O2. The zero-order chi connectivity index (χ0) is 12.6. The van der Waals surface area contributed by atoms with Gasteiger partial charge in [0, 0.05) is 18.4 Å². The Labute approximate surface area is 99.7 Å². The maximum atomic E-state index is 11.1. The molecule has 17 heavy (non-hydrogen) atoms. The van der Waals surface area contributed by atoms with Gasteiger partial charge in [0.1, 0.15) is 5.56 Å². The molecule has 1 N–H and O–H groups in total. The van der Waals surface area contributed by atoms with Crippen LogP contribution in [0.1, 0.15) is 41.0 Å². The van der Waals surface area contributed by atoms with Gasteiger partial charge in [0.15, 0.2) is 0 Å². The van der Waals surface area contributed by atoms with Crippen molar-refractivity contribution in [2.75, 3.05) is 0 Å². The highest BCUT2D eigenvalue weighted by Crippen LogP contribution is 2.50. The van der Waals surface area contributed by atoms with Gasteiger partial charge >= 0.3 is 5.97 Å². The molecule has 1 aliphatic rings. The maximum Gasteiger partial charge on any atom is 0.339 e. The van der Waals surface area contributed by atoms with Crippen molar-refractivity contribution in [1.82, 2.24) is 9.78 Å². The van der Waals surface area contributed by atoms with E-state index in [4.69, 9.17) is 10.4 Å². The van der Waals surface area contributed by atoms with Gasteiger partial charge in [-0.3, -0.25) is 4.68 Å². The second kappa shape index (κ2) is 3.88. The molecule has 0 atom stereocenters. The van der Waals surface area contributed by atoms with E-state index in [0.29, 0.717) is 24.4 Å². The van der Waals surface area contributed by atoms with Crippen molar-refractivity contribution in [3.63, 3.8) is 0 Å². The van der Waals surface area contributed by atoms with Crippen LogP contribution in [0.2, 0.25) is 0 Å². The van der Waals surface area contributed by atoms with E-state index in [1.165, 1.54) is 0 Å². The van der Waals surface area contributed by atoms with Crippen LogP contribution in [0.4, 0.5) is 0 Å². The van der Waals surface area contributed by atoms with Crippen LogP contribution < -0.4 is 0 Å². The lowest BCUT2D eigenvalue weighted by molar-refractivity contribution is 0.0695. The number of carbonyl (C=O) groups is 1. The van der Waals surface area contributed by atoms with Crippen molar-refractivity contribution in [3.8, 4) is 6.07 Å². The number of carboxylic acids is 1. The second-order valence-corrected chi connectivity index (χ2v) is 4.84. The minimum Gasteiger partial charge on any atom is -0.478 e. The van der Waals surface area contributed by atoms with Crippen LogP contribution >= 0.6 is 0 Å². The minimum absolute atomic E-state index is 0.0355. The van der Waals surface area contributed by atoms with Gasteiger partial charge < -0.3 is 5.11 Å². The molecule has 2 rings (SSSR count). The van der Waals surface area contributed by atoms with Gasteiger partial charge in [0.05, 0.1) is 17.5 Å². The molecule has 0 amide bonds. The zero-order valence-corrected chi connectivity index (χ0v) is 10.0. The molecule has 5 heteroatoms. The second-order valence-electron chi connectivity index (χ2n) is 4.84. The SMILES string of the molecule is Cc1nn(CC2(CC#N)CC2)c(C)c1C(=O)O. The van der Waals surface area contributed by atoms with E-state index in [-0.39, 0.29) is 11.0 Å². The number of rotatable bonds is 4. The van der Waals surface area contributed by atoms with Gasteiger partial charge in [-0.25, -0.2) is 4.79 Å². The van der Waals surface area contributed by atoms with Gasteiger partial charge in [-0.1, -0.05) is 0 Å². The van der Waals surface area contributed by atoms with Gasteiger partial charge in [-0.15, -0.1) is 0 Å². The summed E-state index contributed by atoms with van der Waals surface area (Å²) in [6.45, 7) is 4.13. The first-order valence-corrected chi connectivity index (χ1v) is 5.63. The van der Waals surface area contributed by atoms with Crippen LogP contribution in [0, 0.1) is 30.6 Å². The minimum atomic E-state index is -0.934. The number of nitrogens with zero attached hydrogens (tertiary/aromatic N) is 3. The van der Waals surface area contributed by atoms with Crippen molar-refractivity contribution >= 4 is 5.97 Å². The predicted molar refractivity (Wildman–Crippen MR) is 60.6 cm³/mol. The van der Waals surface area contributed by atoms with E-state index in [9.17, 15) is 4.79 Å². The van der Waals surface area contributed by atoms with E-state index in [0.717, 1.165) is 12.8 Å². The molecule has 0 saturated heterocycles. The molecule has 0 aromatic carbocycles. The Morgan fingerprint density at radius 2 is 2.24 bits per heavy atom. The van der Waals surface area contributed by atoms with Crippen LogP contribution in [0.3, 0.4) is 0 Å². The van der Waals surface area contributed by atoms with E-state index in [2.05, 4.69) is 11.2 Å². The van der Waals surface area contributed by atoms with Crippen molar-refractivity contribution in [3.05, 3.63) is 17.0 Å². The standard InChI is InChI=1S/C12H15N3O2/c1-8-10(11(16)17)9(2)15(14-8)7-12(3-4-12)5-6-13/h3-5,7H2,1-2H3,(H,16,17). The third-order valence-electron chi connectivity index (χ3n) is 3.49. The van der Waals surface area contributed by atoms with E-state index in [1.54, 1.807) is 18.5 Å². The summed E-state index contributed by atoms with van der Waals surface area (Å²) in [6.07, 6.45) is 2.58. The molecule has 1 fully saturated rings. The van der Waals surface area contributed by atoms with Crippen LogP contribution in [-0.4, -0.2) is 20.9 Å². The average Bonchev–Trinajstić information content (AvgIpc) is 2.90. The number of aromatic carboxylic acids is 1. The monoisotopic (exact) mass is 233 g/mol. The highest BCUT2D eigenvalue weighted by molar-refractivity contribution is 5.90. The highest BCUT2D eigenvalue weighted by atomic mass is 16.4. The number of aromatic nitrogens is 2. The number of nitriles is 1. The molecule has 1 aromatic heterocycles. The normalized spacial score (nSPS) is 16.5. The first kappa shape index (κ1) is 11.6. The fourth-order valence-corrected chi connectivity index (χ4v) is 2.21. The highest BCUT2D eigenvalue weighted by Gasteiger charge is 2.43. The molecule has 1 aromatic rings. The summed E-state index contributed by atoms with van der Waals surface area (Å²) in [5.74, 6) is -0.934. The van der Waals surface area contributed by atoms with Crippen molar-refractivity contribution < 1.29 is 9.90 Å². The molecule has 0 unspecified atom stereocenters. The molecule has 5 nitrogen and oxygen atoms in total. The molecule has 90 valence electrons. The number of hydrogen-bond donors (Lipinski definition) is 1. The topological polar surface area (TPSA) is 78.9 Å². The molecular weight excluding hydrogens is 218 g/mol. The van der Waals surface area contributed by atoms with Crippen molar-refractivity contribution in [2.24, 2.45) is 5.41 Å². The summed E-state index contributed by atoms with van der Waals surface area (Å²) in [5, 5.41) is 22.1. The quantitative estimate of drug-likeness (QED) is 0.861. The fraction of sp³-hybridized carbons (Fsp3) is 0.583. The lowest BCUT2D eigenvalue weighted by Crippen LogP contribution is -2.14. The Bertz CT molecular complexity index is 507. The molecule has 1 aliphatic carbocycles. The van der Waals surface area contributed by atoms with Gasteiger partial charge in [-0.2, -0.15) is 10.4 Å². The Morgan fingerprint density at radius 3 is 2.65 bits per heavy atom. The van der Waals surface area contributed by atoms with Gasteiger partial charge in [0.25, 0.3) is 0 Å². The first-order valence-electron chi connectivity index (χ1n) is 5.63. The summed E-state index contributed by atoms with van der Waals surface area (Å²) in [6, 6.07) is 2.20. The summed E-state index contributed by atoms with van der Waals surface area (Å²) in [7, 11) is 0. The van der Waals surface area contributed by atoms with Crippen molar-refractivity contribution in [1.29, 1.82) is 5.26 Å². The Hall–Kier alpha value is -1.83. The zero-order valence-electron chi connectivity index (χ0n) is 10.0. The third kappa shape index (κ3) is 2.03. The van der Waals surface area contributed by atoms with Crippen LogP contribution in [-0.2, 0) is 6.54 Å². The van der Waals surface area contributed by atoms with Crippen molar-refractivity contribution in [2.45, 2.75) is 39.7 Å². The number of hydrogen-bond acceptors (Lipinski definition) is 3. The number of carboxylic acid groups (broad SMARTS) is 1. The first-order chi connectivity index (χ1) is 7.99. The average molecular weight is 233 g/mol. The van der Waals surface area contributed by atoms with Gasteiger partial charge in [-0.05, 0) is 26.7 Å². The summed E-state index contributed by atoms with van der Waals surface area (Å²) in [4.78, 5) is 11.1. The molecule has 0 radical (unpaired) electrons. The summed E-state index contributed by atoms with van der Waals surface area (Å²) < 4.78 is 1.74. The Kier molecular flexibility index (Phi) is 2.66. The third-order valence-corrected chi connectivity index (χ3v) is 3.49. The van der Waals surface area contributed by atoms with Crippen LogP contribution in [0.5, 0.6) is 0 Å². The molecule has 1 heterocycles. The smallest absolute Gasteiger partial charge is 0.339 e. The maximum absolute atomic E-state index is 11.1. The lowest BCUT2D eigenvalue weighted by Gasteiger charge is -2.12. The van der Waals surface area contributed by atoms with Gasteiger partial charge in [0.2, 0.25) is 0 Å². The molecule has 0 aliphatic heterocycles. The van der Waals surface area contributed by atoms with Crippen LogP contribution in [0.25, 0.3) is 0 Å². The fourth-order valence-electron chi connectivity index (χ4n) is 2.21. The summed E-state index contributed by atoms with van der Waals surface area (Å²) >= 11 is 0. The van der Waals surface area contributed by atoms with Crippen LogP contribution in [0.15, 0.2) is 0 Å². The van der Waals surface area contributed by atoms with E-state index < -0.39 is 5.97 Å². The largest absolute Gasteiger partial charge is 0.478 e. The molecule has 0 spiro atoms. The molecule has 1 saturated carbocycles. The lowest BCUT2D eigenvalue weighted by atomic mass is 10.0. The predicted octanol–water partition coefficient (Wildman–Crippen LogP) is 1.89. The van der Waals surface area contributed by atoms with E-state index in [1.807, 2.05) is 0 Å².